The van der Waals surface area contributed by atoms with Crippen molar-refractivity contribution >= 4 is 41.5 Å². The molecule has 0 aromatic heterocycles. The van der Waals surface area contributed by atoms with E-state index >= 15 is 0 Å². The summed E-state index contributed by atoms with van der Waals surface area (Å²) in [5.41, 5.74) is 8.10. The van der Waals surface area contributed by atoms with E-state index in [0.717, 1.165) is 4.90 Å². The van der Waals surface area contributed by atoms with Gasteiger partial charge in [-0.3, -0.25) is 24.0 Å². The van der Waals surface area contributed by atoms with Gasteiger partial charge >= 0.3 is 11.9 Å². The van der Waals surface area contributed by atoms with Crippen LogP contribution in [0.2, 0.25) is 0 Å². The van der Waals surface area contributed by atoms with E-state index in [0.29, 0.717) is 17.6 Å². The van der Waals surface area contributed by atoms with Gasteiger partial charge in [0.15, 0.2) is 6.10 Å². The number of hydrogen-bond donors (Lipinski definition) is 5. The van der Waals surface area contributed by atoms with E-state index in [1.54, 1.807) is 45.1 Å². The number of rotatable bonds is 7. The van der Waals surface area contributed by atoms with Crippen LogP contribution in [0.1, 0.15) is 94.1 Å². The number of phenolic OH excluding ortho intramolecular Hbond substituents is 1. The first kappa shape index (κ1) is 50.9. The van der Waals surface area contributed by atoms with Crippen LogP contribution in [-0.2, 0) is 49.5 Å². The first-order valence-electron chi connectivity index (χ1n) is 20.7. The van der Waals surface area contributed by atoms with Gasteiger partial charge in [-0.2, -0.15) is 0 Å². The van der Waals surface area contributed by atoms with E-state index in [-0.39, 0.29) is 42.4 Å². The topological polar surface area (TPSA) is 227 Å². The number of amides is 5. The number of carbonyl (C=O) groups is 7. The van der Waals surface area contributed by atoms with Crippen LogP contribution < -0.4 is 21.7 Å². The van der Waals surface area contributed by atoms with Gasteiger partial charge in [-0.1, -0.05) is 65.3 Å². The van der Waals surface area contributed by atoms with Crippen LogP contribution in [0, 0.1) is 17.8 Å². The second-order valence-electron chi connectivity index (χ2n) is 16.5. The smallest absolute Gasteiger partial charge is 0.334 e. The molecule has 334 valence electrons. The van der Waals surface area contributed by atoms with Crippen LogP contribution in [0.5, 0.6) is 5.75 Å². The molecular weight excluding hydrogens is 773 g/mol. The van der Waals surface area contributed by atoms with Gasteiger partial charge in [-0.15, -0.1) is 0 Å². The van der Waals surface area contributed by atoms with Gasteiger partial charge in [0.05, 0.1) is 6.54 Å². The van der Waals surface area contributed by atoms with Gasteiger partial charge in [0.25, 0.3) is 5.91 Å². The largest absolute Gasteiger partial charge is 0.508 e. The van der Waals surface area contributed by atoms with Gasteiger partial charge in [-0.25, -0.2) is 9.59 Å². The number of phenols is 1. The van der Waals surface area contributed by atoms with Crippen LogP contribution in [0.25, 0.3) is 0 Å². The monoisotopic (exact) mass is 840 g/mol. The molecule has 1 aliphatic rings. The number of carbonyl (C=O) groups excluding carboxylic acids is 7. The zero-order chi connectivity index (χ0) is 45.6. The van der Waals surface area contributed by atoms with E-state index in [9.17, 15) is 38.7 Å². The predicted molar refractivity (Wildman–Crippen MR) is 227 cm³/mol. The molecule has 0 aliphatic carbocycles. The number of ether oxygens (including phenoxy) is 2. The second-order valence-corrected chi connectivity index (χ2v) is 16.5. The van der Waals surface area contributed by atoms with Gasteiger partial charge in [0.2, 0.25) is 23.6 Å². The number of hydrogen-bond acceptors (Lipinski definition) is 11. The lowest BCUT2D eigenvalue weighted by molar-refractivity contribution is -0.154. The highest BCUT2D eigenvalue weighted by Crippen LogP contribution is 2.23. The Morgan fingerprint density at radius 1 is 0.917 bits per heavy atom. The molecule has 0 bridgehead atoms. The molecule has 1 heterocycles. The Morgan fingerprint density at radius 3 is 2.08 bits per heavy atom. The number of allylic oxidation sites excluding steroid dienone is 1. The molecule has 1 aliphatic heterocycles. The normalized spacial score (nSPS) is 28.5. The van der Waals surface area contributed by atoms with Crippen molar-refractivity contribution in [2.45, 2.75) is 137 Å². The zero-order valence-electron chi connectivity index (χ0n) is 37.4. The maximum atomic E-state index is 14.2. The predicted octanol–water partition coefficient (Wildman–Crippen LogP) is 2.91. The van der Waals surface area contributed by atoms with Gasteiger partial charge in [0, 0.05) is 38.0 Å². The Bertz CT molecular complexity index is 1740. The molecule has 0 fully saturated rings. The van der Waals surface area contributed by atoms with E-state index in [4.69, 9.17) is 15.2 Å². The molecule has 1 aromatic rings. The molecule has 0 radical (unpaired) electrons. The van der Waals surface area contributed by atoms with Crippen LogP contribution in [0.3, 0.4) is 0 Å². The number of nitrogens with zero attached hydrogens (tertiary/aromatic N) is 2. The average molecular weight is 841 g/mol. The minimum absolute atomic E-state index is 0.000893. The van der Waals surface area contributed by atoms with Crippen LogP contribution in [-0.4, -0.2) is 119 Å². The van der Waals surface area contributed by atoms with Gasteiger partial charge in [-0.05, 0) is 82.6 Å². The Balaban J connectivity index is 2.63. The van der Waals surface area contributed by atoms with Crippen LogP contribution >= 0.6 is 0 Å². The summed E-state index contributed by atoms with van der Waals surface area (Å²) in [7, 11) is 2.79. The lowest BCUT2D eigenvalue weighted by Gasteiger charge is -2.33. The van der Waals surface area contributed by atoms with Crippen molar-refractivity contribution < 1.29 is 48.1 Å². The third-order valence-electron chi connectivity index (χ3n) is 11.0. The Hall–Kier alpha value is -5.25. The van der Waals surface area contributed by atoms with E-state index in [1.165, 1.54) is 51.9 Å². The van der Waals surface area contributed by atoms with Crippen LogP contribution in [0.4, 0.5) is 0 Å². The maximum absolute atomic E-state index is 14.2. The minimum Gasteiger partial charge on any atom is -0.508 e. The maximum Gasteiger partial charge on any atom is 0.334 e. The molecule has 2 rings (SSSR count). The highest BCUT2D eigenvalue weighted by atomic mass is 16.6. The summed E-state index contributed by atoms with van der Waals surface area (Å²) in [6.45, 7) is 16.7. The molecule has 5 amide bonds. The summed E-state index contributed by atoms with van der Waals surface area (Å²) in [5, 5.41) is 17.9. The lowest BCUT2D eigenvalue weighted by atomic mass is 9.89. The van der Waals surface area contributed by atoms with Crippen LogP contribution in [0.15, 0.2) is 47.6 Å². The molecule has 0 saturated heterocycles. The molecular formula is C44H68N6O10. The summed E-state index contributed by atoms with van der Waals surface area (Å²) in [5.74, 6) is -5.65. The third-order valence-corrected chi connectivity index (χ3v) is 11.0. The van der Waals surface area contributed by atoms with Crippen molar-refractivity contribution in [3.05, 3.63) is 53.1 Å². The zero-order valence-corrected chi connectivity index (χ0v) is 37.4. The SMILES string of the molecule is C/C=C(\C)[C@H]1OC(=O)[C@@H](C)NC(=O)[C@H](C(C)CC)NC(=O)CN(C)C(=O)[C@@H](Cc2ccc(O)cc2)N(C)C(=O)[C@H](C)NC(=O)[C@@H](CC(C)C)OC(=O)/C(C)=C/C[C@H](N)[C@@H]1C. The Kier molecular flexibility index (Phi) is 19.9. The van der Waals surface area contributed by atoms with Gasteiger partial charge in [0.1, 0.15) is 36.0 Å². The van der Waals surface area contributed by atoms with Crippen molar-refractivity contribution in [1.29, 1.82) is 0 Å². The summed E-state index contributed by atoms with van der Waals surface area (Å²) in [6.07, 6.45) is 2.16. The molecule has 60 heavy (non-hydrogen) atoms. The highest BCUT2D eigenvalue weighted by Gasteiger charge is 2.36. The number of esters is 2. The lowest BCUT2D eigenvalue weighted by Crippen LogP contribution is -2.57. The third kappa shape index (κ3) is 14.8. The number of benzene rings is 1. The molecule has 0 saturated carbocycles. The fraction of sp³-hybridized carbons (Fsp3) is 0.614. The van der Waals surface area contributed by atoms with Crippen molar-refractivity contribution in [1.82, 2.24) is 25.8 Å². The molecule has 6 N–H and O–H groups in total. The minimum atomic E-state index is -1.26. The fourth-order valence-electron chi connectivity index (χ4n) is 6.60. The summed E-state index contributed by atoms with van der Waals surface area (Å²) >= 11 is 0. The first-order chi connectivity index (χ1) is 28.0. The molecule has 1 aromatic carbocycles. The summed E-state index contributed by atoms with van der Waals surface area (Å²) in [6, 6.07) is 0.912. The number of nitrogens with one attached hydrogen (secondary N) is 3. The molecule has 9 atom stereocenters. The molecule has 0 spiro atoms. The highest BCUT2D eigenvalue weighted by molar-refractivity contribution is 5.96. The van der Waals surface area contributed by atoms with Crippen molar-refractivity contribution in [3.8, 4) is 5.75 Å². The standard InChI is InChI=1S/C44H68N6O10/c1-13-25(5)37-40(54)47-30(10)44(58)60-38(26(6)14-2)28(8)33(45)20-15-27(7)43(57)59-35(21-24(3)4)39(53)46-29(9)41(55)50(12)34(22-31-16-18-32(51)19-17-31)42(56)49(11)23-36(52)48-37/h14-19,24-25,28-30,33-35,37-38,51H,13,20-23,45H2,1-12H3,(H,46,53)(H,47,54)(H,48,52)/b26-14+,27-15+/t25?,28-,29-,30+,33-,34+,35+,37-,38+/m0/s1. The summed E-state index contributed by atoms with van der Waals surface area (Å²) in [4.78, 5) is 98.1. The first-order valence-corrected chi connectivity index (χ1v) is 20.7. The quantitative estimate of drug-likeness (QED) is 0.198. The number of likely N-dealkylation sites (N-methyl/N-ethyl adjacent to an activating group) is 2. The Morgan fingerprint density at radius 2 is 1.52 bits per heavy atom. The second kappa shape index (κ2) is 23.5. The number of cyclic esters (lactones) is 2. The molecule has 16 nitrogen and oxygen atoms in total. The van der Waals surface area contributed by atoms with Gasteiger partial charge < -0.3 is 46.1 Å². The van der Waals surface area contributed by atoms with Crippen molar-refractivity contribution in [2.75, 3.05) is 20.6 Å². The number of nitrogens with two attached hydrogens (primary N) is 1. The van der Waals surface area contributed by atoms with E-state index < -0.39 is 96.4 Å². The number of aromatic hydroxyl groups is 1. The molecule has 16 heteroatoms. The van der Waals surface area contributed by atoms with E-state index in [1.807, 2.05) is 27.7 Å². The molecule has 1 unspecified atom stereocenters. The van der Waals surface area contributed by atoms with E-state index in [2.05, 4.69) is 16.0 Å². The summed E-state index contributed by atoms with van der Waals surface area (Å²) < 4.78 is 11.6. The fourth-order valence-corrected chi connectivity index (χ4v) is 6.60. The average Bonchev–Trinajstić information content (AvgIpc) is 3.20. The van der Waals surface area contributed by atoms with Crippen molar-refractivity contribution in [3.63, 3.8) is 0 Å². The van der Waals surface area contributed by atoms with Crippen molar-refractivity contribution in [2.24, 2.45) is 23.5 Å². The Labute approximate surface area is 355 Å².